The minimum Gasteiger partial charge on any atom is -0.469 e. The van der Waals surface area contributed by atoms with Crippen molar-refractivity contribution in [3.8, 4) is 11.1 Å². The van der Waals surface area contributed by atoms with Gasteiger partial charge in [0.2, 0.25) is 0 Å². The molecule has 1 N–H and O–H groups in total. The van der Waals surface area contributed by atoms with Crippen LogP contribution in [0.25, 0.3) is 11.1 Å². The van der Waals surface area contributed by atoms with Crippen LogP contribution >= 0.6 is 0 Å². The van der Waals surface area contributed by atoms with Crippen LogP contribution in [0.5, 0.6) is 0 Å². The standard InChI is InChI=1S/C27H25NO4/c1-31-25(29)17-16-20(18-26(30)32-2)28-27(19-10-4-3-5-11-19)23-14-8-6-12-21(23)22-13-7-9-15-24(22)27/h3-17,20,28H,18H2,1-2H3/b17-16+/t20-/m1/s1. The summed E-state index contributed by atoms with van der Waals surface area (Å²) in [6.07, 6.45) is 3.06. The molecule has 0 saturated carbocycles. The molecular formula is C27H25NO4. The maximum Gasteiger partial charge on any atom is 0.330 e. The van der Waals surface area contributed by atoms with Crippen LogP contribution in [-0.2, 0) is 24.6 Å². The van der Waals surface area contributed by atoms with Crippen molar-refractivity contribution in [2.45, 2.75) is 18.0 Å². The molecule has 5 heteroatoms. The summed E-state index contributed by atoms with van der Waals surface area (Å²) in [5, 5.41) is 3.71. The number of hydrogen-bond acceptors (Lipinski definition) is 5. The molecule has 0 aromatic heterocycles. The Morgan fingerprint density at radius 3 is 1.97 bits per heavy atom. The third-order valence-corrected chi connectivity index (χ3v) is 5.84. The minimum absolute atomic E-state index is 0.0584. The van der Waals surface area contributed by atoms with Crippen molar-refractivity contribution in [3.63, 3.8) is 0 Å². The van der Waals surface area contributed by atoms with Crippen molar-refractivity contribution >= 4 is 11.9 Å². The fraction of sp³-hybridized carbons (Fsp3) is 0.185. The topological polar surface area (TPSA) is 64.6 Å². The Balaban J connectivity index is 1.91. The number of carbonyl (C=O) groups excluding carboxylic acids is 2. The van der Waals surface area contributed by atoms with Crippen molar-refractivity contribution in [3.05, 3.63) is 108 Å². The molecule has 1 aliphatic rings. The predicted octanol–water partition coefficient (Wildman–Crippen LogP) is 4.21. The molecule has 3 aromatic rings. The Morgan fingerprint density at radius 1 is 0.844 bits per heavy atom. The van der Waals surface area contributed by atoms with E-state index in [4.69, 9.17) is 9.47 Å². The fourth-order valence-electron chi connectivity index (χ4n) is 4.44. The van der Waals surface area contributed by atoms with Crippen LogP contribution in [0, 0.1) is 0 Å². The fourth-order valence-corrected chi connectivity index (χ4v) is 4.44. The molecule has 0 aliphatic heterocycles. The predicted molar refractivity (Wildman–Crippen MR) is 123 cm³/mol. The van der Waals surface area contributed by atoms with Crippen LogP contribution in [0.15, 0.2) is 91.0 Å². The van der Waals surface area contributed by atoms with Crippen molar-refractivity contribution in [2.24, 2.45) is 0 Å². The molecule has 0 spiro atoms. The molecular weight excluding hydrogens is 402 g/mol. The first-order chi connectivity index (χ1) is 15.6. The van der Waals surface area contributed by atoms with E-state index in [0.29, 0.717) is 0 Å². The van der Waals surface area contributed by atoms with Crippen LogP contribution in [0.1, 0.15) is 23.1 Å². The number of carbonyl (C=O) groups is 2. The van der Waals surface area contributed by atoms with E-state index in [2.05, 4.69) is 41.7 Å². The van der Waals surface area contributed by atoms with E-state index < -0.39 is 17.6 Å². The summed E-state index contributed by atoms with van der Waals surface area (Å²) in [5.74, 6) is -0.859. The smallest absolute Gasteiger partial charge is 0.330 e. The van der Waals surface area contributed by atoms with Gasteiger partial charge in [-0.3, -0.25) is 10.1 Å². The van der Waals surface area contributed by atoms with E-state index in [9.17, 15) is 9.59 Å². The Labute approximate surface area is 187 Å². The van der Waals surface area contributed by atoms with Crippen molar-refractivity contribution < 1.29 is 19.1 Å². The van der Waals surface area contributed by atoms with Gasteiger partial charge in [0.05, 0.1) is 26.2 Å². The summed E-state index contributed by atoms with van der Waals surface area (Å²) in [7, 11) is 2.68. The lowest BCUT2D eigenvalue weighted by atomic mass is 9.79. The third-order valence-electron chi connectivity index (χ3n) is 5.84. The number of rotatable bonds is 7. The first-order valence-electron chi connectivity index (χ1n) is 10.5. The molecule has 5 nitrogen and oxygen atoms in total. The summed E-state index contributed by atoms with van der Waals surface area (Å²) in [6, 6.07) is 26.2. The second kappa shape index (κ2) is 9.20. The van der Waals surface area contributed by atoms with E-state index in [1.807, 2.05) is 42.5 Å². The van der Waals surface area contributed by atoms with Gasteiger partial charge in [0, 0.05) is 12.1 Å². The zero-order chi connectivity index (χ0) is 22.6. The Morgan fingerprint density at radius 2 is 1.41 bits per heavy atom. The first-order valence-corrected chi connectivity index (χ1v) is 10.5. The lowest BCUT2D eigenvalue weighted by molar-refractivity contribution is -0.141. The number of hydrogen-bond donors (Lipinski definition) is 1. The molecule has 0 saturated heterocycles. The molecule has 0 bridgehead atoms. The van der Waals surface area contributed by atoms with E-state index in [1.165, 1.54) is 20.3 Å². The van der Waals surface area contributed by atoms with Gasteiger partial charge in [-0.15, -0.1) is 0 Å². The van der Waals surface area contributed by atoms with Crippen molar-refractivity contribution in [2.75, 3.05) is 14.2 Å². The highest BCUT2D eigenvalue weighted by molar-refractivity contribution is 5.84. The SMILES string of the molecule is COC(=O)/C=C/[C@H](CC(=O)OC)NC1(c2ccccc2)c2ccccc2-c2ccccc21. The Hall–Kier alpha value is -3.70. The summed E-state index contributed by atoms with van der Waals surface area (Å²) in [6.45, 7) is 0. The largest absolute Gasteiger partial charge is 0.469 e. The molecule has 0 amide bonds. The first kappa shape index (κ1) is 21.5. The van der Waals surface area contributed by atoms with Gasteiger partial charge in [-0.05, 0) is 27.8 Å². The Kier molecular flexibility index (Phi) is 6.19. The average Bonchev–Trinajstić information content (AvgIpc) is 3.13. The van der Waals surface area contributed by atoms with Gasteiger partial charge in [0.25, 0.3) is 0 Å². The lowest BCUT2D eigenvalue weighted by Gasteiger charge is -2.37. The molecule has 3 aromatic carbocycles. The average molecular weight is 428 g/mol. The van der Waals surface area contributed by atoms with Gasteiger partial charge >= 0.3 is 11.9 Å². The van der Waals surface area contributed by atoms with E-state index >= 15 is 0 Å². The number of ether oxygens (including phenoxy) is 2. The maximum absolute atomic E-state index is 12.2. The van der Waals surface area contributed by atoms with Gasteiger partial charge in [-0.1, -0.05) is 84.9 Å². The van der Waals surface area contributed by atoms with Gasteiger partial charge in [0.1, 0.15) is 0 Å². The highest BCUT2D eigenvalue weighted by atomic mass is 16.5. The van der Waals surface area contributed by atoms with Gasteiger partial charge in [-0.2, -0.15) is 0 Å². The van der Waals surface area contributed by atoms with Crippen LogP contribution in [0.4, 0.5) is 0 Å². The van der Waals surface area contributed by atoms with E-state index in [1.54, 1.807) is 6.08 Å². The minimum atomic E-state index is -0.715. The number of fused-ring (bicyclic) bond motifs is 3. The second-order valence-electron chi connectivity index (χ2n) is 7.62. The van der Waals surface area contributed by atoms with E-state index in [-0.39, 0.29) is 12.4 Å². The number of methoxy groups -OCH3 is 2. The number of nitrogens with one attached hydrogen (secondary N) is 1. The third kappa shape index (κ3) is 3.83. The molecule has 0 fully saturated rings. The van der Waals surface area contributed by atoms with Crippen LogP contribution in [0.2, 0.25) is 0 Å². The summed E-state index contributed by atoms with van der Waals surface area (Å²) < 4.78 is 9.68. The van der Waals surface area contributed by atoms with Crippen LogP contribution < -0.4 is 5.32 Å². The van der Waals surface area contributed by atoms with Crippen molar-refractivity contribution in [1.29, 1.82) is 0 Å². The summed E-state index contributed by atoms with van der Waals surface area (Å²) in [5.41, 5.74) is 4.77. The highest BCUT2D eigenvalue weighted by Gasteiger charge is 2.45. The molecule has 0 radical (unpaired) electrons. The van der Waals surface area contributed by atoms with Crippen molar-refractivity contribution in [1.82, 2.24) is 5.32 Å². The molecule has 1 atom stereocenters. The molecule has 162 valence electrons. The molecule has 4 rings (SSSR count). The molecule has 0 unspecified atom stereocenters. The zero-order valence-corrected chi connectivity index (χ0v) is 18.1. The zero-order valence-electron chi connectivity index (χ0n) is 18.1. The quantitative estimate of drug-likeness (QED) is 0.452. The van der Waals surface area contributed by atoms with E-state index in [0.717, 1.165) is 27.8 Å². The van der Waals surface area contributed by atoms with Crippen LogP contribution in [0.3, 0.4) is 0 Å². The van der Waals surface area contributed by atoms with Crippen LogP contribution in [-0.4, -0.2) is 32.2 Å². The lowest BCUT2D eigenvalue weighted by Crippen LogP contribution is -2.48. The van der Waals surface area contributed by atoms with Gasteiger partial charge in [-0.25, -0.2) is 4.79 Å². The monoisotopic (exact) mass is 427 g/mol. The second-order valence-corrected chi connectivity index (χ2v) is 7.62. The summed E-state index contributed by atoms with van der Waals surface area (Å²) in [4.78, 5) is 24.0. The maximum atomic E-state index is 12.2. The van der Waals surface area contributed by atoms with Gasteiger partial charge < -0.3 is 9.47 Å². The normalized spacial score (nSPS) is 14.4. The molecule has 32 heavy (non-hydrogen) atoms. The number of benzene rings is 3. The highest BCUT2D eigenvalue weighted by Crippen LogP contribution is 2.51. The molecule has 1 aliphatic carbocycles. The van der Waals surface area contributed by atoms with Gasteiger partial charge in [0.15, 0.2) is 0 Å². The molecule has 0 heterocycles. The summed E-state index contributed by atoms with van der Waals surface area (Å²) >= 11 is 0. The Bertz CT molecular complexity index is 1110. The number of esters is 2.